The molecule has 1 aliphatic carbocycles. The van der Waals surface area contributed by atoms with E-state index in [0.717, 1.165) is 18.0 Å². The van der Waals surface area contributed by atoms with Gasteiger partial charge in [0, 0.05) is 17.1 Å². The van der Waals surface area contributed by atoms with Crippen LogP contribution in [-0.4, -0.2) is 30.3 Å². The third kappa shape index (κ3) is 3.30. The highest BCUT2D eigenvalue weighted by Gasteiger charge is 2.27. The smallest absolute Gasteiger partial charge is 0.179 e. The second kappa shape index (κ2) is 5.19. The van der Waals surface area contributed by atoms with Gasteiger partial charge in [0.25, 0.3) is 0 Å². The third-order valence-corrected chi connectivity index (χ3v) is 3.66. The lowest BCUT2D eigenvalue weighted by atomic mass is 10.0. The number of benzene rings is 1. The van der Waals surface area contributed by atoms with Gasteiger partial charge in [0.2, 0.25) is 0 Å². The van der Waals surface area contributed by atoms with Gasteiger partial charge in [-0.15, -0.1) is 0 Å². The molecule has 2 nitrogen and oxygen atoms in total. The number of rotatable bonds is 5. The standard InChI is InChI=1S/C14H18ClNO/c1-10(16(2)9-11-3-4-11)14(17)12-5-7-13(15)8-6-12/h5-8,10-11H,3-4,9H2,1-2H3. The predicted octanol–water partition coefficient (Wildman–Crippen LogP) is 3.25. The van der Waals surface area contributed by atoms with Gasteiger partial charge in [0.15, 0.2) is 5.78 Å². The molecule has 1 unspecified atom stereocenters. The lowest BCUT2D eigenvalue weighted by Crippen LogP contribution is -2.37. The molecule has 0 aliphatic heterocycles. The summed E-state index contributed by atoms with van der Waals surface area (Å²) in [7, 11) is 2.02. The van der Waals surface area contributed by atoms with E-state index in [1.54, 1.807) is 24.3 Å². The first-order chi connectivity index (χ1) is 8.08. The first kappa shape index (κ1) is 12.6. The average molecular weight is 252 g/mol. The van der Waals surface area contributed by atoms with Gasteiger partial charge in [0.05, 0.1) is 6.04 Å². The Labute approximate surface area is 108 Å². The summed E-state index contributed by atoms with van der Waals surface area (Å²) in [5.74, 6) is 0.977. The van der Waals surface area contributed by atoms with Crippen LogP contribution in [0.1, 0.15) is 30.1 Å². The van der Waals surface area contributed by atoms with Gasteiger partial charge in [0.1, 0.15) is 0 Å². The van der Waals surface area contributed by atoms with Gasteiger partial charge < -0.3 is 0 Å². The summed E-state index contributed by atoms with van der Waals surface area (Å²) in [5, 5.41) is 0.667. The van der Waals surface area contributed by atoms with E-state index in [4.69, 9.17) is 11.6 Å². The molecule has 92 valence electrons. The number of hydrogen-bond donors (Lipinski definition) is 0. The molecule has 1 aromatic rings. The van der Waals surface area contributed by atoms with Crippen molar-refractivity contribution in [2.24, 2.45) is 5.92 Å². The first-order valence-corrected chi connectivity index (χ1v) is 6.45. The Kier molecular flexibility index (Phi) is 3.85. The number of hydrogen-bond acceptors (Lipinski definition) is 2. The molecule has 0 N–H and O–H groups in total. The van der Waals surface area contributed by atoms with E-state index in [9.17, 15) is 4.79 Å². The largest absolute Gasteiger partial charge is 0.296 e. The molecular formula is C14H18ClNO. The quantitative estimate of drug-likeness (QED) is 0.749. The minimum atomic E-state index is -0.0585. The zero-order chi connectivity index (χ0) is 12.4. The van der Waals surface area contributed by atoms with Crippen molar-refractivity contribution < 1.29 is 4.79 Å². The number of halogens is 1. The van der Waals surface area contributed by atoms with Crippen LogP contribution in [0.25, 0.3) is 0 Å². The molecule has 1 saturated carbocycles. The fourth-order valence-electron chi connectivity index (χ4n) is 1.92. The van der Waals surface area contributed by atoms with Gasteiger partial charge in [-0.25, -0.2) is 0 Å². The maximum atomic E-state index is 12.2. The van der Waals surface area contributed by atoms with Crippen molar-refractivity contribution >= 4 is 17.4 Å². The summed E-state index contributed by atoms with van der Waals surface area (Å²) in [4.78, 5) is 14.4. The molecule has 0 aromatic heterocycles. The van der Waals surface area contributed by atoms with Crippen molar-refractivity contribution in [1.29, 1.82) is 0 Å². The van der Waals surface area contributed by atoms with Crippen molar-refractivity contribution in [3.63, 3.8) is 0 Å². The van der Waals surface area contributed by atoms with Gasteiger partial charge >= 0.3 is 0 Å². The molecule has 0 bridgehead atoms. The Hall–Kier alpha value is -0.860. The van der Waals surface area contributed by atoms with Crippen LogP contribution in [0, 0.1) is 5.92 Å². The lowest BCUT2D eigenvalue weighted by molar-refractivity contribution is 0.0864. The molecule has 0 spiro atoms. The molecule has 0 amide bonds. The van der Waals surface area contributed by atoms with Gasteiger partial charge in [-0.2, -0.15) is 0 Å². The Balaban J connectivity index is 1.99. The maximum absolute atomic E-state index is 12.2. The van der Waals surface area contributed by atoms with E-state index in [-0.39, 0.29) is 11.8 Å². The van der Waals surface area contributed by atoms with E-state index in [0.29, 0.717) is 5.02 Å². The normalized spacial score (nSPS) is 17.2. The van der Waals surface area contributed by atoms with Crippen LogP contribution in [0.4, 0.5) is 0 Å². The zero-order valence-electron chi connectivity index (χ0n) is 10.3. The molecule has 1 fully saturated rings. The summed E-state index contributed by atoms with van der Waals surface area (Å²) in [5.41, 5.74) is 0.740. The third-order valence-electron chi connectivity index (χ3n) is 3.41. The summed E-state index contributed by atoms with van der Waals surface area (Å²) in [6, 6.07) is 7.07. The van der Waals surface area contributed by atoms with Crippen LogP contribution in [-0.2, 0) is 0 Å². The van der Waals surface area contributed by atoms with Crippen molar-refractivity contribution in [3.8, 4) is 0 Å². The molecule has 1 aliphatic rings. The topological polar surface area (TPSA) is 20.3 Å². The molecular weight excluding hydrogens is 234 g/mol. The highest BCUT2D eigenvalue weighted by Crippen LogP contribution is 2.30. The second-order valence-corrected chi connectivity index (χ2v) is 5.37. The highest BCUT2D eigenvalue weighted by molar-refractivity contribution is 6.30. The number of carbonyl (C=O) groups is 1. The van der Waals surface area contributed by atoms with E-state index >= 15 is 0 Å². The van der Waals surface area contributed by atoms with Crippen LogP contribution in [0.2, 0.25) is 5.02 Å². The molecule has 1 atom stereocenters. The van der Waals surface area contributed by atoms with Gasteiger partial charge in [-0.3, -0.25) is 9.69 Å². The maximum Gasteiger partial charge on any atom is 0.179 e. The van der Waals surface area contributed by atoms with Gasteiger partial charge in [-0.05, 0) is 57.0 Å². The number of ketones is 1. The Morgan fingerprint density at radius 3 is 2.53 bits per heavy atom. The summed E-state index contributed by atoms with van der Waals surface area (Å²) in [6.45, 7) is 3.00. The molecule has 0 saturated heterocycles. The highest BCUT2D eigenvalue weighted by atomic mass is 35.5. The summed E-state index contributed by atoms with van der Waals surface area (Å²) in [6.07, 6.45) is 2.62. The lowest BCUT2D eigenvalue weighted by Gasteiger charge is -2.23. The monoisotopic (exact) mass is 251 g/mol. The van der Waals surface area contributed by atoms with Crippen LogP contribution in [0.15, 0.2) is 24.3 Å². The summed E-state index contributed by atoms with van der Waals surface area (Å²) >= 11 is 5.81. The average Bonchev–Trinajstić information content (AvgIpc) is 3.12. The van der Waals surface area contributed by atoms with Crippen LogP contribution < -0.4 is 0 Å². The molecule has 1 aromatic carbocycles. The fraction of sp³-hybridized carbons (Fsp3) is 0.500. The number of nitrogens with zero attached hydrogens (tertiary/aromatic N) is 1. The predicted molar refractivity (Wildman–Crippen MR) is 70.6 cm³/mol. The Bertz CT molecular complexity index is 397. The van der Waals surface area contributed by atoms with Crippen molar-refractivity contribution in [1.82, 2.24) is 4.90 Å². The number of likely N-dealkylation sites (N-methyl/N-ethyl adjacent to an activating group) is 1. The Morgan fingerprint density at radius 2 is 2.00 bits per heavy atom. The van der Waals surface area contributed by atoms with E-state index in [1.165, 1.54) is 12.8 Å². The first-order valence-electron chi connectivity index (χ1n) is 6.08. The molecule has 17 heavy (non-hydrogen) atoms. The second-order valence-electron chi connectivity index (χ2n) is 4.93. The summed E-state index contributed by atoms with van der Waals surface area (Å²) < 4.78 is 0. The minimum absolute atomic E-state index is 0.0585. The van der Waals surface area contributed by atoms with E-state index in [1.807, 2.05) is 14.0 Å². The minimum Gasteiger partial charge on any atom is -0.296 e. The SMILES string of the molecule is CC(C(=O)c1ccc(Cl)cc1)N(C)CC1CC1. The van der Waals surface area contributed by atoms with E-state index < -0.39 is 0 Å². The Morgan fingerprint density at radius 1 is 1.41 bits per heavy atom. The fourth-order valence-corrected chi connectivity index (χ4v) is 2.05. The number of Topliss-reactive ketones (excluding diaryl/α,β-unsaturated/α-hetero) is 1. The van der Waals surface area contributed by atoms with E-state index in [2.05, 4.69) is 4.90 Å². The molecule has 2 rings (SSSR count). The zero-order valence-corrected chi connectivity index (χ0v) is 11.1. The van der Waals surface area contributed by atoms with Crippen molar-refractivity contribution in [2.45, 2.75) is 25.8 Å². The van der Waals surface area contributed by atoms with Crippen LogP contribution >= 0.6 is 11.6 Å². The molecule has 0 heterocycles. The molecule has 0 radical (unpaired) electrons. The molecule has 3 heteroatoms. The number of carbonyl (C=O) groups excluding carboxylic acids is 1. The van der Waals surface area contributed by atoms with Crippen molar-refractivity contribution in [2.75, 3.05) is 13.6 Å². The van der Waals surface area contributed by atoms with Gasteiger partial charge in [-0.1, -0.05) is 11.6 Å². The van der Waals surface area contributed by atoms with Crippen molar-refractivity contribution in [3.05, 3.63) is 34.9 Å². The van der Waals surface area contributed by atoms with Crippen LogP contribution in [0.5, 0.6) is 0 Å². The van der Waals surface area contributed by atoms with Crippen LogP contribution in [0.3, 0.4) is 0 Å².